The number of hydrogen-bond donors (Lipinski definition) is 0. The van der Waals surface area contributed by atoms with Crippen LogP contribution in [0.5, 0.6) is 11.5 Å². The van der Waals surface area contributed by atoms with Crippen LogP contribution >= 0.6 is 11.8 Å². The monoisotopic (exact) mass is 534 g/mol. The Morgan fingerprint density at radius 3 is 2.55 bits per heavy atom. The van der Waals surface area contributed by atoms with Gasteiger partial charge in [-0.05, 0) is 71.3 Å². The average molecular weight is 535 g/mol. The van der Waals surface area contributed by atoms with Crippen molar-refractivity contribution in [2.75, 3.05) is 13.7 Å². The van der Waals surface area contributed by atoms with Crippen LogP contribution in [0.15, 0.2) is 80.4 Å². The van der Waals surface area contributed by atoms with Gasteiger partial charge in [0.25, 0.3) is 11.6 Å². The number of thioether (sulfide) groups is 1. The van der Waals surface area contributed by atoms with Gasteiger partial charge in [-0.1, -0.05) is 19.9 Å². The molecule has 196 valence electrons. The zero-order valence-corrected chi connectivity index (χ0v) is 21.9. The molecule has 0 N–H and O–H groups in total. The predicted molar refractivity (Wildman–Crippen MR) is 146 cm³/mol. The molecule has 4 rings (SSSR count). The Morgan fingerprint density at radius 1 is 1.13 bits per heavy atom. The van der Waals surface area contributed by atoms with Gasteiger partial charge in [-0.25, -0.2) is 0 Å². The van der Waals surface area contributed by atoms with E-state index in [0.717, 1.165) is 5.56 Å². The number of methoxy groups -OCH3 is 1. The molecule has 1 amide bonds. The lowest BCUT2D eigenvalue weighted by Crippen LogP contribution is -2.28. The highest BCUT2D eigenvalue weighted by Crippen LogP contribution is 2.35. The summed E-state index contributed by atoms with van der Waals surface area (Å²) in [6, 6.07) is 14.9. The number of nitro groups is 1. The van der Waals surface area contributed by atoms with Crippen LogP contribution in [0.3, 0.4) is 0 Å². The normalized spacial score (nSPS) is 15.8. The van der Waals surface area contributed by atoms with Crippen molar-refractivity contribution < 1.29 is 23.6 Å². The molecular weight excluding hydrogens is 508 g/mol. The molecular formula is C27H26N4O6S. The summed E-state index contributed by atoms with van der Waals surface area (Å²) in [6.45, 7) is 4.88. The smallest absolute Gasteiger partial charge is 0.269 e. The number of carbonyl (C=O) groups is 1. The minimum Gasteiger partial charge on any atom is -0.493 e. The molecule has 1 aromatic heterocycles. The molecule has 0 spiro atoms. The summed E-state index contributed by atoms with van der Waals surface area (Å²) in [4.78, 5) is 25.6. The van der Waals surface area contributed by atoms with Crippen LogP contribution in [-0.4, -0.2) is 40.8 Å². The quantitative estimate of drug-likeness (QED) is 0.141. The largest absolute Gasteiger partial charge is 0.493 e. The number of non-ortho nitro benzene ring substituents is 1. The van der Waals surface area contributed by atoms with Crippen LogP contribution in [-0.2, 0) is 11.3 Å². The fourth-order valence-electron chi connectivity index (χ4n) is 3.41. The third-order valence-electron chi connectivity index (χ3n) is 5.29. The molecule has 1 saturated heterocycles. The Hall–Kier alpha value is -4.38. The maximum Gasteiger partial charge on any atom is 0.269 e. The van der Waals surface area contributed by atoms with Gasteiger partial charge >= 0.3 is 0 Å². The molecule has 0 bridgehead atoms. The number of hydrogen-bond acceptors (Lipinski definition) is 9. The van der Waals surface area contributed by atoms with Crippen molar-refractivity contribution in [2.24, 2.45) is 16.1 Å². The molecule has 0 saturated carbocycles. The molecule has 1 fully saturated rings. The van der Waals surface area contributed by atoms with Gasteiger partial charge in [-0.15, -0.1) is 5.10 Å². The maximum atomic E-state index is 13.3. The average Bonchev–Trinajstić information content (AvgIpc) is 3.52. The summed E-state index contributed by atoms with van der Waals surface area (Å²) in [5.41, 5.74) is 1.39. The first-order valence-corrected chi connectivity index (χ1v) is 12.6. The van der Waals surface area contributed by atoms with Crippen molar-refractivity contribution in [3.63, 3.8) is 0 Å². The van der Waals surface area contributed by atoms with Crippen LogP contribution < -0.4 is 9.47 Å². The number of amidine groups is 1. The Bertz CT molecular complexity index is 1380. The molecule has 2 aromatic carbocycles. The number of nitro benzene ring substituents is 1. The third-order valence-corrected chi connectivity index (χ3v) is 6.29. The molecule has 11 heteroatoms. The second-order valence-electron chi connectivity index (χ2n) is 8.67. The van der Waals surface area contributed by atoms with Gasteiger partial charge in [0.15, 0.2) is 16.7 Å². The zero-order chi connectivity index (χ0) is 27.1. The first-order valence-electron chi connectivity index (χ1n) is 11.7. The molecule has 10 nitrogen and oxygen atoms in total. The van der Waals surface area contributed by atoms with E-state index >= 15 is 0 Å². The Labute approximate surface area is 223 Å². The summed E-state index contributed by atoms with van der Waals surface area (Å²) in [5, 5.41) is 19.6. The standard InChI is InChI=1S/C27H26N4O6S/c1-18(2)17-37-23-11-8-20(13-24(23)35-3)14-25-26(32)30(16-22-5-4-12-36-22)27(38-25)29-28-15-19-6-9-21(10-7-19)31(33)34/h4-15,18H,16-17H2,1-3H3/b25-14-,28-15+,29-27-. The van der Waals surface area contributed by atoms with Crippen LogP contribution in [0, 0.1) is 16.0 Å². The Morgan fingerprint density at radius 2 is 1.89 bits per heavy atom. The van der Waals surface area contributed by atoms with E-state index < -0.39 is 4.92 Å². The number of furan rings is 1. The molecule has 3 aromatic rings. The van der Waals surface area contributed by atoms with E-state index in [-0.39, 0.29) is 18.1 Å². The van der Waals surface area contributed by atoms with Gasteiger partial charge in [0.2, 0.25) is 0 Å². The third kappa shape index (κ3) is 6.68. The highest BCUT2D eigenvalue weighted by molar-refractivity contribution is 8.18. The predicted octanol–water partition coefficient (Wildman–Crippen LogP) is 5.74. The van der Waals surface area contributed by atoms with Gasteiger partial charge in [0.05, 0.1) is 42.6 Å². The number of benzene rings is 2. The van der Waals surface area contributed by atoms with Gasteiger partial charge in [0.1, 0.15) is 5.76 Å². The van der Waals surface area contributed by atoms with Gasteiger partial charge in [0, 0.05) is 12.1 Å². The summed E-state index contributed by atoms with van der Waals surface area (Å²) < 4.78 is 16.7. The van der Waals surface area contributed by atoms with Crippen LogP contribution in [0.2, 0.25) is 0 Å². The fourth-order valence-corrected chi connectivity index (χ4v) is 4.34. The summed E-state index contributed by atoms with van der Waals surface area (Å²) >= 11 is 1.19. The molecule has 0 aliphatic carbocycles. The van der Waals surface area contributed by atoms with Crippen LogP contribution in [0.4, 0.5) is 5.69 Å². The van der Waals surface area contributed by atoms with E-state index in [1.54, 1.807) is 43.7 Å². The van der Waals surface area contributed by atoms with E-state index in [1.165, 1.54) is 35.0 Å². The molecule has 0 unspecified atom stereocenters. The molecule has 0 atom stereocenters. The van der Waals surface area contributed by atoms with Crippen LogP contribution in [0.25, 0.3) is 6.08 Å². The highest BCUT2D eigenvalue weighted by Gasteiger charge is 2.34. The molecule has 38 heavy (non-hydrogen) atoms. The number of ether oxygens (including phenoxy) is 2. The van der Waals surface area contributed by atoms with E-state index in [9.17, 15) is 14.9 Å². The van der Waals surface area contributed by atoms with E-state index in [1.807, 2.05) is 18.2 Å². The van der Waals surface area contributed by atoms with Gasteiger partial charge < -0.3 is 13.9 Å². The van der Waals surface area contributed by atoms with E-state index in [0.29, 0.717) is 45.4 Å². The number of amides is 1. The SMILES string of the molecule is COc1cc(/C=C2\S/C(=N\N=C\c3ccc([N+](=O)[O-])cc3)N(Cc3ccco3)C2=O)ccc1OCC(C)C. The van der Waals surface area contributed by atoms with Crippen molar-refractivity contribution in [1.82, 2.24) is 4.90 Å². The zero-order valence-electron chi connectivity index (χ0n) is 21.1. The summed E-state index contributed by atoms with van der Waals surface area (Å²) in [7, 11) is 1.57. The highest BCUT2D eigenvalue weighted by atomic mass is 32.2. The van der Waals surface area contributed by atoms with Crippen molar-refractivity contribution in [3.8, 4) is 11.5 Å². The molecule has 0 radical (unpaired) electrons. The first kappa shape index (κ1) is 26.7. The van der Waals surface area contributed by atoms with Crippen LogP contribution in [0.1, 0.15) is 30.7 Å². The van der Waals surface area contributed by atoms with E-state index in [2.05, 4.69) is 24.1 Å². The van der Waals surface area contributed by atoms with Crippen molar-refractivity contribution >= 4 is 40.8 Å². The van der Waals surface area contributed by atoms with Gasteiger partial charge in [-0.2, -0.15) is 5.10 Å². The number of rotatable bonds is 10. The molecule has 1 aliphatic heterocycles. The van der Waals surface area contributed by atoms with Crippen molar-refractivity contribution in [3.05, 3.63) is 92.8 Å². The second kappa shape index (κ2) is 12.2. The fraction of sp³-hybridized carbons (Fsp3) is 0.222. The van der Waals surface area contributed by atoms with Gasteiger partial charge in [-0.3, -0.25) is 19.8 Å². The number of carbonyl (C=O) groups excluding carboxylic acids is 1. The minimum atomic E-state index is -0.468. The first-order chi connectivity index (χ1) is 18.3. The minimum absolute atomic E-state index is 0.0130. The lowest BCUT2D eigenvalue weighted by atomic mass is 10.1. The second-order valence-corrected chi connectivity index (χ2v) is 9.68. The maximum absolute atomic E-state index is 13.3. The lowest BCUT2D eigenvalue weighted by molar-refractivity contribution is -0.384. The Balaban J connectivity index is 1.58. The van der Waals surface area contributed by atoms with E-state index in [4.69, 9.17) is 13.9 Å². The summed E-state index contributed by atoms with van der Waals surface area (Å²) in [5.74, 6) is 1.94. The Kier molecular flexibility index (Phi) is 8.59. The molecule has 1 aliphatic rings. The summed E-state index contributed by atoms with van der Waals surface area (Å²) in [6.07, 6.45) is 4.77. The molecule has 2 heterocycles. The number of nitrogens with zero attached hydrogens (tertiary/aromatic N) is 4. The van der Waals surface area contributed by atoms with Crippen molar-refractivity contribution in [2.45, 2.75) is 20.4 Å². The lowest BCUT2D eigenvalue weighted by Gasteiger charge is -2.13. The topological polar surface area (TPSA) is 120 Å². The van der Waals surface area contributed by atoms with Crippen molar-refractivity contribution in [1.29, 1.82) is 0 Å².